The smallest absolute Gasteiger partial charge is 0.255 e. The first-order chi connectivity index (χ1) is 9.46. The van der Waals surface area contributed by atoms with Crippen molar-refractivity contribution in [3.63, 3.8) is 0 Å². The molecule has 4 nitrogen and oxygen atoms in total. The molecule has 0 aromatic heterocycles. The molecule has 1 amide bonds. The number of hydrogen-bond donors (Lipinski definition) is 3. The van der Waals surface area contributed by atoms with Crippen LogP contribution in [0.4, 0.5) is 0 Å². The van der Waals surface area contributed by atoms with E-state index in [0.29, 0.717) is 10.9 Å². The van der Waals surface area contributed by atoms with Crippen LogP contribution in [0.1, 0.15) is 43.0 Å². The van der Waals surface area contributed by atoms with Crippen molar-refractivity contribution in [2.75, 3.05) is 6.61 Å². The summed E-state index contributed by atoms with van der Waals surface area (Å²) in [4.78, 5) is 12.3. The van der Waals surface area contributed by atoms with E-state index in [0.717, 1.165) is 25.7 Å². The van der Waals surface area contributed by atoms with Crippen LogP contribution in [0.3, 0.4) is 0 Å². The number of carbonyl (C=O) groups excluding carboxylic acids is 1. The van der Waals surface area contributed by atoms with Gasteiger partial charge in [-0.15, -0.1) is 0 Å². The maximum Gasteiger partial charge on any atom is 0.255 e. The highest BCUT2D eigenvalue weighted by molar-refractivity contribution is 6.31. The van der Waals surface area contributed by atoms with Crippen molar-refractivity contribution < 1.29 is 15.0 Å². The van der Waals surface area contributed by atoms with Crippen molar-refractivity contribution in [3.05, 3.63) is 28.8 Å². The third kappa shape index (κ3) is 3.25. The molecule has 0 radical (unpaired) electrons. The quantitative estimate of drug-likeness (QED) is 0.803. The van der Waals surface area contributed by atoms with E-state index in [2.05, 4.69) is 12.2 Å². The van der Waals surface area contributed by atoms with E-state index in [1.807, 2.05) is 0 Å². The molecule has 3 N–H and O–H groups in total. The lowest BCUT2D eigenvalue weighted by Gasteiger charge is -2.38. The Bertz CT molecular complexity index is 496. The number of nitrogens with one attached hydrogen (secondary N) is 1. The Balaban J connectivity index is 2.15. The topological polar surface area (TPSA) is 69.6 Å². The number of benzene rings is 1. The predicted molar refractivity (Wildman–Crippen MR) is 78.0 cm³/mol. The number of hydrogen-bond acceptors (Lipinski definition) is 3. The third-order valence-corrected chi connectivity index (χ3v) is 4.35. The SMILES string of the molecule is CC1CCC(CO)(NC(=O)c2cc(Cl)ccc2O)CC1. The zero-order valence-electron chi connectivity index (χ0n) is 11.5. The van der Waals surface area contributed by atoms with E-state index in [4.69, 9.17) is 11.6 Å². The normalized spacial score (nSPS) is 26.2. The fourth-order valence-electron chi connectivity index (χ4n) is 2.64. The molecule has 5 heteroatoms. The van der Waals surface area contributed by atoms with Gasteiger partial charge >= 0.3 is 0 Å². The number of phenols is 1. The molecule has 1 aromatic rings. The first kappa shape index (κ1) is 15.1. The van der Waals surface area contributed by atoms with Crippen molar-refractivity contribution in [1.82, 2.24) is 5.32 Å². The van der Waals surface area contributed by atoms with Gasteiger partial charge in [0, 0.05) is 5.02 Å². The summed E-state index contributed by atoms with van der Waals surface area (Å²) < 4.78 is 0. The first-order valence-electron chi connectivity index (χ1n) is 6.88. The van der Waals surface area contributed by atoms with E-state index < -0.39 is 11.4 Å². The molecular formula is C15H20ClNO3. The number of aliphatic hydroxyl groups is 1. The van der Waals surface area contributed by atoms with E-state index in [1.165, 1.54) is 18.2 Å². The Kier molecular flexibility index (Phi) is 4.55. The molecule has 2 rings (SSSR count). The van der Waals surface area contributed by atoms with Gasteiger partial charge in [0.05, 0.1) is 17.7 Å². The molecule has 20 heavy (non-hydrogen) atoms. The second-order valence-electron chi connectivity index (χ2n) is 5.74. The molecule has 0 atom stereocenters. The highest BCUT2D eigenvalue weighted by Gasteiger charge is 2.35. The summed E-state index contributed by atoms with van der Waals surface area (Å²) in [6.07, 6.45) is 3.44. The molecule has 0 spiro atoms. The van der Waals surface area contributed by atoms with Gasteiger partial charge in [0.1, 0.15) is 5.75 Å². The zero-order valence-corrected chi connectivity index (χ0v) is 12.3. The van der Waals surface area contributed by atoms with E-state index in [9.17, 15) is 15.0 Å². The fraction of sp³-hybridized carbons (Fsp3) is 0.533. The summed E-state index contributed by atoms with van der Waals surface area (Å²) in [7, 11) is 0. The largest absolute Gasteiger partial charge is 0.507 e. The van der Waals surface area contributed by atoms with Crippen molar-refractivity contribution in [2.24, 2.45) is 5.92 Å². The maximum atomic E-state index is 12.3. The predicted octanol–water partition coefficient (Wildman–Crippen LogP) is 2.72. The van der Waals surface area contributed by atoms with Crippen molar-refractivity contribution in [1.29, 1.82) is 0 Å². The molecule has 0 aliphatic heterocycles. The van der Waals surface area contributed by atoms with E-state index in [-0.39, 0.29) is 17.9 Å². The minimum atomic E-state index is -0.585. The van der Waals surface area contributed by atoms with Crippen molar-refractivity contribution in [2.45, 2.75) is 38.1 Å². The van der Waals surface area contributed by atoms with Crippen LogP contribution in [0.2, 0.25) is 5.02 Å². The number of rotatable bonds is 3. The van der Waals surface area contributed by atoms with Crippen LogP contribution in [0, 0.1) is 5.92 Å². The van der Waals surface area contributed by atoms with Gasteiger partial charge in [-0.05, 0) is 49.8 Å². The lowest BCUT2D eigenvalue weighted by molar-refractivity contribution is 0.0715. The number of amides is 1. The minimum Gasteiger partial charge on any atom is -0.507 e. The second kappa shape index (κ2) is 6.02. The number of phenolic OH excluding ortho intramolecular Hbond substituents is 1. The number of carbonyl (C=O) groups is 1. The van der Waals surface area contributed by atoms with Gasteiger partial charge < -0.3 is 15.5 Å². The molecule has 1 fully saturated rings. The summed E-state index contributed by atoms with van der Waals surface area (Å²) in [6, 6.07) is 4.35. The van der Waals surface area contributed by atoms with Gasteiger partial charge in [0.2, 0.25) is 0 Å². The Hall–Kier alpha value is -1.26. The van der Waals surface area contributed by atoms with Gasteiger partial charge in [-0.3, -0.25) is 4.79 Å². The van der Waals surface area contributed by atoms with Crippen LogP contribution in [0.25, 0.3) is 0 Å². The number of aromatic hydroxyl groups is 1. The number of aliphatic hydroxyl groups excluding tert-OH is 1. The average molecular weight is 298 g/mol. The molecule has 1 saturated carbocycles. The Morgan fingerprint density at radius 2 is 2.10 bits per heavy atom. The van der Waals surface area contributed by atoms with Gasteiger partial charge in [0.25, 0.3) is 5.91 Å². The molecule has 1 aliphatic rings. The van der Waals surface area contributed by atoms with E-state index in [1.54, 1.807) is 0 Å². The number of halogens is 1. The summed E-state index contributed by atoms with van der Waals surface area (Å²) in [5, 5.41) is 22.7. The zero-order chi connectivity index (χ0) is 14.8. The summed E-state index contributed by atoms with van der Waals surface area (Å²) in [5.74, 6) is 0.115. The van der Waals surface area contributed by atoms with Crippen LogP contribution < -0.4 is 5.32 Å². The molecule has 0 heterocycles. The molecule has 0 unspecified atom stereocenters. The molecule has 110 valence electrons. The second-order valence-corrected chi connectivity index (χ2v) is 6.17. The van der Waals surface area contributed by atoms with Gasteiger partial charge in [-0.25, -0.2) is 0 Å². The Morgan fingerprint density at radius 1 is 1.45 bits per heavy atom. The van der Waals surface area contributed by atoms with Crippen LogP contribution >= 0.6 is 11.6 Å². The van der Waals surface area contributed by atoms with E-state index >= 15 is 0 Å². The Labute approximate surface area is 123 Å². The fourth-order valence-corrected chi connectivity index (χ4v) is 2.81. The lowest BCUT2D eigenvalue weighted by Crippen LogP contribution is -2.53. The van der Waals surface area contributed by atoms with Crippen molar-refractivity contribution in [3.8, 4) is 5.75 Å². The Morgan fingerprint density at radius 3 is 2.70 bits per heavy atom. The van der Waals surface area contributed by atoms with Gasteiger partial charge in [-0.1, -0.05) is 18.5 Å². The molecular weight excluding hydrogens is 278 g/mol. The molecule has 1 aliphatic carbocycles. The monoisotopic (exact) mass is 297 g/mol. The van der Waals surface area contributed by atoms with Gasteiger partial charge in [0.15, 0.2) is 0 Å². The minimum absolute atomic E-state index is 0.0905. The standard InChI is InChI=1S/C15H20ClNO3/c1-10-4-6-15(9-18,7-5-10)17-14(20)12-8-11(16)2-3-13(12)19/h2-3,8,10,18-19H,4-7,9H2,1H3,(H,17,20). The highest BCUT2D eigenvalue weighted by atomic mass is 35.5. The first-order valence-corrected chi connectivity index (χ1v) is 7.25. The molecule has 0 bridgehead atoms. The van der Waals surface area contributed by atoms with Crippen LogP contribution in [-0.2, 0) is 0 Å². The average Bonchev–Trinajstić information content (AvgIpc) is 2.44. The van der Waals surface area contributed by atoms with Gasteiger partial charge in [-0.2, -0.15) is 0 Å². The molecule has 1 aromatic carbocycles. The maximum absolute atomic E-state index is 12.3. The summed E-state index contributed by atoms with van der Waals surface area (Å²) >= 11 is 5.85. The summed E-state index contributed by atoms with van der Waals surface area (Å²) in [6.45, 7) is 2.08. The van der Waals surface area contributed by atoms with Crippen LogP contribution in [0.15, 0.2) is 18.2 Å². The lowest BCUT2D eigenvalue weighted by atomic mass is 9.77. The van der Waals surface area contributed by atoms with Crippen LogP contribution in [0.5, 0.6) is 5.75 Å². The van der Waals surface area contributed by atoms with Crippen molar-refractivity contribution >= 4 is 17.5 Å². The van der Waals surface area contributed by atoms with Crippen LogP contribution in [-0.4, -0.2) is 28.3 Å². The summed E-state index contributed by atoms with van der Waals surface area (Å²) in [5.41, 5.74) is -0.442. The highest BCUT2D eigenvalue weighted by Crippen LogP contribution is 2.32. The third-order valence-electron chi connectivity index (χ3n) is 4.12. The molecule has 0 saturated heterocycles.